The van der Waals surface area contributed by atoms with Gasteiger partial charge in [-0.2, -0.15) is 8.78 Å². The van der Waals surface area contributed by atoms with Crippen LogP contribution in [0, 0.1) is 0 Å². The van der Waals surface area contributed by atoms with Crippen molar-refractivity contribution in [3.8, 4) is 5.75 Å². The maximum absolute atomic E-state index is 12.2. The van der Waals surface area contributed by atoms with Crippen molar-refractivity contribution < 1.29 is 18.3 Å². The zero-order valence-corrected chi connectivity index (χ0v) is 15.7. The quantitative estimate of drug-likeness (QED) is 0.409. The van der Waals surface area contributed by atoms with Crippen molar-refractivity contribution in [2.24, 2.45) is 4.99 Å². The molecule has 3 rings (SSSR count). The van der Waals surface area contributed by atoms with E-state index in [0.29, 0.717) is 18.6 Å². The van der Waals surface area contributed by atoms with Crippen molar-refractivity contribution in [1.82, 2.24) is 10.6 Å². The summed E-state index contributed by atoms with van der Waals surface area (Å²) in [4.78, 5) is 4.21. The lowest BCUT2D eigenvalue weighted by Gasteiger charge is -2.22. The SMILES string of the molecule is CN=C(NCc1cccc(OC(F)F)c1)NC1CC2CCC1O2.I. The molecule has 134 valence electrons. The molecule has 0 spiro atoms. The van der Waals surface area contributed by atoms with Gasteiger partial charge in [0.1, 0.15) is 5.75 Å². The number of nitrogens with zero attached hydrogens (tertiary/aromatic N) is 1. The molecule has 1 aromatic rings. The van der Waals surface area contributed by atoms with Crippen LogP contribution in [0.1, 0.15) is 24.8 Å². The van der Waals surface area contributed by atoms with E-state index in [0.717, 1.165) is 24.8 Å². The van der Waals surface area contributed by atoms with E-state index < -0.39 is 6.61 Å². The summed E-state index contributed by atoms with van der Waals surface area (Å²) in [5.41, 5.74) is 0.843. The van der Waals surface area contributed by atoms with Crippen LogP contribution in [-0.2, 0) is 11.3 Å². The van der Waals surface area contributed by atoms with Crippen LogP contribution >= 0.6 is 24.0 Å². The maximum Gasteiger partial charge on any atom is 0.387 e. The van der Waals surface area contributed by atoms with Gasteiger partial charge in [-0.15, -0.1) is 24.0 Å². The van der Waals surface area contributed by atoms with E-state index in [1.807, 2.05) is 6.07 Å². The van der Waals surface area contributed by atoms with Crippen molar-refractivity contribution in [3.63, 3.8) is 0 Å². The highest BCUT2D eigenvalue weighted by Crippen LogP contribution is 2.34. The Labute approximate surface area is 157 Å². The van der Waals surface area contributed by atoms with Gasteiger partial charge in [-0.25, -0.2) is 0 Å². The van der Waals surface area contributed by atoms with Gasteiger partial charge in [0.25, 0.3) is 0 Å². The summed E-state index contributed by atoms with van der Waals surface area (Å²) < 4.78 is 34.7. The largest absolute Gasteiger partial charge is 0.435 e. The minimum absolute atomic E-state index is 0. The molecule has 5 nitrogen and oxygen atoms in total. The molecule has 2 aliphatic heterocycles. The van der Waals surface area contributed by atoms with Crippen LogP contribution in [0.25, 0.3) is 0 Å². The van der Waals surface area contributed by atoms with E-state index in [2.05, 4.69) is 20.4 Å². The third-order valence-electron chi connectivity index (χ3n) is 4.24. The summed E-state index contributed by atoms with van der Waals surface area (Å²) >= 11 is 0. The van der Waals surface area contributed by atoms with Gasteiger partial charge < -0.3 is 20.1 Å². The first-order chi connectivity index (χ1) is 11.1. The molecule has 2 heterocycles. The Morgan fingerprint density at radius 2 is 2.25 bits per heavy atom. The number of nitrogens with one attached hydrogen (secondary N) is 2. The number of guanidine groups is 1. The summed E-state index contributed by atoms with van der Waals surface area (Å²) in [6.07, 6.45) is 3.88. The minimum atomic E-state index is -2.81. The topological polar surface area (TPSA) is 54.9 Å². The molecule has 0 radical (unpaired) electrons. The highest BCUT2D eigenvalue weighted by Gasteiger charge is 2.41. The molecule has 2 fully saturated rings. The highest BCUT2D eigenvalue weighted by atomic mass is 127. The Bertz CT molecular complexity index is 574. The van der Waals surface area contributed by atoms with E-state index in [1.54, 1.807) is 19.2 Å². The number of hydrogen-bond acceptors (Lipinski definition) is 3. The summed E-state index contributed by atoms with van der Waals surface area (Å²) in [6.45, 7) is -2.34. The van der Waals surface area contributed by atoms with Gasteiger partial charge >= 0.3 is 6.61 Å². The van der Waals surface area contributed by atoms with Crippen molar-refractivity contribution in [3.05, 3.63) is 29.8 Å². The molecule has 1 aromatic carbocycles. The summed E-state index contributed by atoms with van der Waals surface area (Å²) in [6, 6.07) is 6.92. The van der Waals surface area contributed by atoms with Gasteiger partial charge in [0.15, 0.2) is 5.96 Å². The predicted molar refractivity (Wildman–Crippen MR) is 98.1 cm³/mol. The Kier molecular flexibility index (Phi) is 7.02. The van der Waals surface area contributed by atoms with Crippen LogP contribution in [0.3, 0.4) is 0 Å². The van der Waals surface area contributed by atoms with Gasteiger partial charge in [-0.1, -0.05) is 12.1 Å². The summed E-state index contributed by atoms with van der Waals surface area (Å²) in [5, 5.41) is 6.57. The Balaban J connectivity index is 0.00000208. The van der Waals surface area contributed by atoms with Crippen LogP contribution in [0.15, 0.2) is 29.3 Å². The van der Waals surface area contributed by atoms with E-state index in [4.69, 9.17) is 4.74 Å². The number of hydrogen-bond donors (Lipinski definition) is 2. The van der Waals surface area contributed by atoms with Crippen LogP contribution < -0.4 is 15.4 Å². The molecule has 3 atom stereocenters. The molecule has 2 bridgehead atoms. The lowest BCUT2D eigenvalue weighted by atomic mass is 9.96. The number of fused-ring (bicyclic) bond motifs is 2. The van der Waals surface area contributed by atoms with Crippen molar-refractivity contribution >= 4 is 29.9 Å². The molecule has 2 saturated heterocycles. The fourth-order valence-corrected chi connectivity index (χ4v) is 3.18. The second kappa shape index (κ2) is 8.80. The molecule has 8 heteroatoms. The Morgan fingerprint density at radius 1 is 1.42 bits per heavy atom. The van der Waals surface area contributed by atoms with Gasteiger partial charge in [0.2, 0.25) is 0 Å². The molecule has 0 aliphatic carbocycles. The van der Waals surface area contributed by atoms with E-state index in [9.17, 15) is 8.78 Å². The second-order valence-electron chi connectivity index (χ2n) is 5.81. The Hall–Kier alpha value is -1.16. The average molecular weight is 453 g/mol. The lowest BCUT2D eigenvalue weighted by Crippen LogP contribution is -2.47. The molecule has 0 amide bonds. The second-order valence-corrected chi connectivity index (χ2v) is 5.81. The average Bonchev–Trinajstić information content (AvgIpc) is 3.13. The maximum atomic E-state index is 12.2. The molecular formula is C16H22F2IN3O2. The van der Waals surface area contributed by atoms with Crippen LogP contribution in [-0.4, -0.2) is 37.9 Å². The molecule has 2 N–H and O–H groups in total. The van der Waals surface area contributed by atoms with E-state index >= 15 is 0 Å². The normalized spacial score (nSPS) is 25.5. The van der Waals surface area contributed by atoms with Crippen molar-refractivity contribution in [2.75, 3.05) is 7.05 Å². The molecule has 2 aliphatic rings. The van der Waals surface area contributed by atoms with Crippen LogP contribution in [0.4, 0.5) is 8.78 Å². The zero-order valence-electron chi connectivity index (χ0n) is 13.4. The first-order valence-corrected chi connectivity index (χ1v) is 7.80. The smallest absolute Gasteiger partial charge is 0.387 e. The highest BCUT2D eigenvalue weighted by molar-refractivity contribution is 14.0. The number of alkyl halides is 2. The first kappa shape index (κ1) is 19.2. The number of halogens is 3. The molecule has 0 aromatic heterocycles. The third-order valence-corrected chi connectivity index (χ3v) is 4.24. The van der Waals surface area contributed by atoms with E-state index in [-0.39, 0.29) is 41.9 Å². The van der Waals surface area contributed by atoms with Gasteiger partial charge in [-0.05, 0) is 37.0 Å². The predicted octanol–water partition coefficient (Wildman–Crippen LogP) is 2.89. The van der Waals surface area contributed by atoms with Crippen LogP contribution in [0.2, 0.25) is 0 Å². The number of ether oxygens (including phenoxy) is 2. The number of benzene rings is 1. The van der Waals surface area contributed by atoms with Gasteiger partial charge in [0.05, 0.1) is 18.2 Å². The molecule has 0 saturated carbocycles. The van der Waals surface area contributed by atoms with Gasteiger partial charge in [0, 0.05) is 13.6 Å². The molecule has 24 heavy (non-hydrogen) atoms. The standard InChI is InChI=1S/C16H21F2N3O2.HI/c1-19-16(21-13-8-12-5-6-14(13)22-12)20-9-10-3-2-4-11(7-10)23-15(17)18;/h2-4,7,12-15H,5-6,8-9H2,1H3,(H2,19,20,21);1H. The van der Waals surface area contributed by atoms with Gasteiger partial charge in [-0.3, -0.25) is 4.99 Å². The van der Waals surface area contributed by atoms with E-state index in [1.165, 1.54) is 6.07 Å². The fourth-order valence-electron chi connectivity index (χ4n) is 3.18. The lowest BCUT2D eigenvalue weighted by molar-refractivity contribution is -0.0498. The molecular weight excluding hydrogens is 431 g/mol. The van der Waals surface area contributed by atoms with Crippen molar-refractivity contribution in [1.29, 1.82) is 0 Å². The number of rotatable bonds is 5. The van der Waals surface area contributed by atoms with Crippen molar-refractivity contribution in [2.45, 2.75) is 50.7 Å². The number of aliphatic imine (C=N–C) groups is 1. The summed E-state index contributed by atoms with van der Waals surface area (Å²) in [7, 11) is 1.71. The zero-order chi connectivity index (χ0) is 16.2. The monoisotopic (exact) mass is 453 g/mol. The minimum Gasteiger partial charge on any atom is -0.435 e. The van der Waals surface area contributed by atoms with Crippen LogP contribution in [0.5, 0.6) is 5.75 Å². The Morgan fingerprint density at radius 3 is 2.88 bits per heavy atom. The fraction of sp³-hybridized carbons (Fsp3) is 0.562. The first-order valence-electron chi connectivity index (χ1n) is 7.80. The molecule has 3 unspecified atom stereocenters. The summed E-state index contributed by atoms with van der Waals surface area (Å²) in [5.74, 6) is 0.843. The third kappa shape index (κ3) is 4.92.